The zero-order valence-electron chi connectivity index (χ0n) is 12.0. The third-order valence-corrected chi connectivity index (χ3v) is 4.78. The molecule has 0 aromatic heterocycles. The van der Waals surface area contributed by atoms with E-state index in [1.165, 1.54) is 36.4 Å². The number of thioether (sulfide) groups is 1. The standard InChI is InChI=1S/C16H13FN2O3S/c17-11-3-6-15-13(9-11)14(7-8-23-15)18-16(20)10-1-4-12(5-2-10)19(21)22/h1-6,9,14H,7-8H2,(H,18,20). The fourth-order valence-electron chi connectivity index (χ4n) is 2.49. The van der Waals surface area contributed by atoms with Crippen LogP contribution in [0.2, 0.25) is 0 Å². The van der Waals surface area contributed by atoms with Gasteiger partial charge in [-0.2, -0.15) is 0 Å². The number of non-ortho nitro benzene ring substituents is 1. The molecule has 0 bridgehead atoms. The third kappa shape index (κ3) is 3.34. The first-order valence-corrected chi connectivity index (χ1v) is 8.01. The highest BCUT2D eigenvalue weighted by Crippen LogP contribution is 2.36. The Bertz CT molecular complexity index is 764. The van der Waals surface area contributed by atoms with E-state index in [-0.39, 0.29) is 23.5 Å². The number of hydrogen-bond donors (Lipinski definition) is 1. The van der Waals surface area contributed by atoms with Gasteiger partial charge in [-0.1, -0.05) is 0 Å². The number of nitrogens with zero attached hydrogens (tertiary/aromatic N) is 1. The number of nitrogens with one attached hydrogen (secondary N) is 1. The van der Waals surface area contributed by atoms with Crippen LogP contribution in [-0.2, 0) is 0 Å². The first kappa shape index (κ1) is 15.5. The minimum Gasteiger partial charge on any atom is -0.345 e. The highest BCUT2D eigenvalue weighted by Gasteiger charge is 2.23. The van der Waals surface area contributed by atoms with Crippen LogP contribution >= 0.6 is 11.8 Å². The van der Waals surface area contributed by atoms with E-state index in [2.05, 4.69) is 5.32 Å². The molecular formula is C16H13FN2O3S. The molecule has 1 unspecified atom stereocenters. The molecule has 0 radical (unpaired) electrons. The van der Waals surface area contributed by atoms with Crippen molar-refractivity contribution in [3.05, 3.63) is 69.5 Å². The maximum atomic E-state index is 13.5. The van der Waals surface area contributed by atoms with Crippen LogP contribution in [0.4, 0.5) is 10.1 Å². The zero-order chi connectivity index (χ0) is 16.4. The van der Waals surface area contributed by atoms with Gasteiger partial charge < -0.3 is 5.32 Å². The van der Waals surface area contributed by atoms with E-state index < -0.39 is 4.92 Å². The predicted octanol–water partition coefficient (Wildman–Crippen LogP) is 3.70. The van der Waals surface area contributed by atoms with Crippen molar-refractivity contribution in [2.75, 3.05) is 5.75 Å². The molecule has 0 fully saturated rings. The molecule has 7 heteroatoms. The van der Waals surface area contributed by atoms with Crippen LogP contribution in [0, 0.1) is 15.9 Å². The highest BCUT2D eigenvalue weighted by molar-refractivity contribution is 7.99. The minimum atomic E-state index is -0.515. The number of rotatable bonds is 3. The molecule has 0 saturated heterocycles. The number of nitro groups is 1. The molecule has 0 aliphatic carbocycles. The lowest BCUT2D eigenvalue weighted by Gasteiger charge is -2.26. The smallest absolute Gasteiger partial charge is 0.269 e. The van der Waals surface area contributed by atoms with Gasteiger partial charge in [0.15, 0.2) is 0 Å². The summed E-state index contributed by atoms with van der Waals surface area (Å²) in [7, 11) is 0. The number of carbonyl (C=O) groups excluding carboxylic acids is 1. The summed E-state index contributed by atoms with van der Waals surface area (Å²) in [5.41, 5.74) is 1.05. The number of hydrogen-bond acceptors (Lipinski definition) is 4. The summed E-state index contributed by atoms with van der Waals surface area (Å²) in [6.45, 7) is 0. The molecule has 3 rings (SSSR count). The van der Waals surface area contributed by atoms with Gasteiger partial charge in [-0.15, -0.1) is 11.8 Å². The van der Waals surface area contributed by atoms with Crippen molar-refractivity contribution in [3.8, 4) is 0 Å². The largest absolute Gasteiger partial charge is 0.345 e. The summed E-state index contributed by atoms with van der Waals surface area (Å²) in [6.07, 6.45) is 0.708. The van der Waals surface area contributed by atoms with Crippen molar-refractivity contribution in [1.29, 1.82) is 0 Å². The Labute approximate surface area is 136 Å². The number of nitro benzene ring substituents is 1. The monoisotopic (exact) mass is 332 g/mol. The third-order valence-electron chi connectivity index (χ3n) is 3.66. The lowest BCUT2D eigenvalue weighted by Crippen LogP contribution is -2.30. The number of carbonyl (C=O) groups is 1. The van der Waals surface area contributed by atoms with Gasteiger partial charge in [-0.3, -0.25) is 14.9 Å². The molecule has 23 heavy (non-hydrogen) atoms. The van der Waals surface area contributed by atoms with Crippen molar-refractivity contribution in [2.45, 2.75) is 17.4 Å². The van der Waals surface area contributed by atoms with Gasteiger partial charge in [0.2, 0.25) is 0 Å². The summed E-state index contributed by atoms with van der Waals surface area (Å²) in [5.74, 6) is 0.178. The molecule has 1 amide bonds. The molecule has 1 heterocycles. The molecule has 2 aromatic rings. The van der Waals surface area contributed by atoms with E-state index in [0.717, 1.165) is 16.2 Å². The summed E-state index contributed by atoms with van der Waals surface area (Å²) < 4.78 is 13.5. The maximum Gasteiger partial charge on any atom is 0.269 e. The fourth-order valence-corrected chi connectivity index (χ4v) is 3.60. The highest BCUT2D eigenvalue weighted by atomic mass is 32.2. The molecule has 2 aromatic carbocycles. The van der Waals surface area contributed by atoms with Gasteiger partial charge in [0.1, 0.15) is 5.82 Å². The topological polar surface area (TPSA) is 72.2 Å². The second kappa shape index (κ2) is 6.37. The van der Waals surface area contributed by atoms with Crippen LogP contribution in [0.25, 0.3) is 0 Å². The van der Waals surface area contributed by atoms with Crippen molar-refractivity contribution in [2.24, 2.45) is 0 Å². The number of fused-ring (bicyclic) bond motifs is 1. The molecule has 1 aliphatic rings. The van der Waals surface area contributed by atoms with Crippen molar-refractivity contribution < 1.29 is 14.1 Å². The summed E-state index contributed by atoms with van der Waals surface area (Å²) in [6, 6.07) is 9.73. The van der Waals surface area contributed by atoms with Gasteiger partial charge in [-0.05, 0) is 42.3 Å². The average molecular weight is 332 g/mol. The van der Waals surface area contributed by atoms with Crippen LogP contribution in [0.1, 0.15) is 28.4 Å². The minimum absolute atomic E-state index is 0.0666. The SMILES string of the molecule is O=C(NC1CCSc2ccc(F)cc21)c1ccc([N+](=O)[O-])cc1. The Kier molecular flexibility index (Phi) is 4.29. The van der Waals surface area contributed by atoms with Gasteiger partial charge in [0.05, 0.1) is 11.0 Å². The summed E-state index contributed by atoms with van der Waals surface area (Å²) >= 11 is 1.64. The Balaban J connectivity index is 1.79. The van der Waals surface area contributed by atoms with Crippen LogP contribution < -0.4 is 5.32 Å². The lowest BCUT2D eigenvalue weighted by atomic mass is 10.0. The second-order valence-corrected chi connectivity index (χ2v) is 6.29. The van der Waals surface area contributed by atoms with E-state index in [1.807, 2.05) is 0 Å². The molecule has 1 N–H and O–H groups in total. The van der Waals surface area contributed by atoms with Gasteiger partial charge in [0, 0.05) is 28.3 Å². The quantitative estimate of drug-likeness (QED) is 0.687. The molecular weight excluding hydrogens is 319 g/mol. The number of halogens is 1. The van der Waals surface area contributed by atoms with Crippen LogP contribution in [0.15, 0.2) is 47.4 Å². The Hall–Kier alpha value is -2.41. The Morgan fingerprint density at radius 1 is 1.26 bits per heavy atom. The van der Waals surface area contributed by atoms with Crippen molar-refractivity contribution in [1.82, 2.24) is 5.32 Å². The average Bonchev–Trinajstić information content (AvgIpc) is 2.55. The molecule has 5 nitrogen and oxygen atoms in total. The van der Waals surface area contributed by atoms with Crippen molar-refractivity contribution >= 4 is 23.4 Å². The molecule has 1 aliphatic heterocycles. The van der Waals surface area contributed by atoms with Crippen LogP contribution in [-0.4, -0.2) is 16.6 Å². The summed E-state index contributed by atoms with van der Waals surface area (Å²) in [4.78, 5) is 23.4. The Morgan fingerprint density at radius 2 is 2.00 bits per heavy atom. The maximum absolute atomic E-state index is 13.5. The second-order valence-electron chi connectivity index (χ2n) is 5.15. The first-order valence-electron chi connectivity index (χ1n) is 7.02. The number of amides is 1. The molecule has 0 spiro atoms. The van der Waals surface area contributed by atoms with Crippen LogP contribution in [0.5, 0.6) is 0 Å². The predicted molar refractivity (Wildman–Crippen MR) is 85.0 cm³/mol. The van der Waals surface area contributed by atoms with E-state index in [4.69, 9.17) is 0 Å². The molecule has 0 saturated carbocycles. The van der Waals surface area contributed by atoms with Gasteiger partial charge in [0.25, 0.3) is 11.6 Å². The molecule has 1 atom stereocenters. The fraction of sp³-hybridized carbons (Fsp3) is 0.188. The Morgan fingerprint density at radius 3 is 2.70 bits per heavy atom. The zero-order valence-corrected chi connectivity index (χ0v) is 12.8. The van der Waals surface area contributed by atoms with E-state index >= 15 is 0 Å². The van der Waals surface area contributed by atoms with E-state index in [9.17, 15) is 19.3 Å². The normalized spacial score (nSPS) is 16.5. The number of benzene rings is 2. The lowest BCUT2D eigenvalue weighted by molar-refractivity contribution is -0.384. The van der Waals surface area contributed by atoms with Crippen LogP contribution in [0.3, 0.4) is 0 Å². The molecule has 118 valence electrons. The van der Waals surface area contributed by atoms with Gasteiger partial charge >= 0.3 is 0 Å². The first-order chi connectivity index (χ1) is 11.0. The van der Waals surface area contributed by atoms with Crippen molar-refractivity contribution in [3.63, 3.8) is 0 Å². The van der Waals surface area contributed by atoms with E-state index in [1.54, 1.807) is 17.8 Å². The summed E-state index contributed by atoms with van der Waals surface area (Å²) in [5, 5.41) is 13.5. The van der Waals surface area contributed by atoms with Gasteiger partial charge in [-0.25, -0.2) is 4.39 Å². The van der Waals surface area contributed by atoms with E-state index in [0.29, 0.717) is 12.0 Å².